The molecule has 7 nitrogen and oxygen atoms in total. The molecule has 0 saturated carbocycles. The van der Waals surface area contributed by atoms with Gasteiger partial charge < -0.3 is 14.8 Å². The molecular formula is C20H25ClN2O5S2. The van der Waals surface area contributed by atoms with Crippen molar-refractivity contribution in [1.82, 2.24) is 4.31 Å². The van der Waals surface area contributed by atoms with Crippen molar-refractivity contribution in [2.75, 3.05) is 32.6 Å². The smallest absolute Gasteiger partial charge is 0.252 e. The molecule has 1 aromatic heterocycles. The van der Waals surface area contributed by atoms with Crippen LogP contribution in [0.1, 0.15) is 19.8 Å². The van der Waals surface area contributed by atoms with Crippen molar-refractivity contribution >= 4 is 44.6 Å². The van der Waals surface area contributed by atoms with Gasteiger partial charge in [-0.1, -0.05) is 18.5 Å². The molecule has 0 spiro atoms. The minimum Gasteiger partial charge on any atom is -0.497 e. The summed E-state index contributed by atoms with van der Waals surface area (Å²) >= 11 is 6.94. The van der Waals surface area contributed by atoms with Gasteiger partial charge in [-0.25, -0.2) is 8.42 Å². The maximum Gasteiger partial charge on any atom is 0.252 e. The first-order chi connectivity index (χ1) is 14.3. The van der Waals surface area contributed by atoms with Crippen LogP contribution in [0.25, 0.3) is 0 Å². The zero-order valence-corrected chi connectivity index (χ0v) is 19.4. The number of anilines is 1. The summed E-state index contributed by atoms with van der Waals surface area (Å²) in [6, 6.07) is 8.33. The van der Waals surface area contributed by atoms with Crippen LogP contribution in [0.2, 0.25) is 4.34 Å². The molecule has 0 aliphatic carbocycles. The monoisotopic (exact) mass is 472 g/mol. The number of halogens is 1. The quantitative estimate of drug-likeness (QED) is 0.655. The van der Waals surface area contributed by atoms with E-state index in [1.165, 1.54) is 17.5 Å². The predicted molar refractivity (Wildman–Crippen MR) is 118 cm³/mol. The molecule has 1 aliphatic heterocycles. The van der Waals surface area contributed by atoms with Crippen molar-refractivity contribution in [2.45, 2.75) is 24.0 Å². The van der Waals surface area contributed by atoms with Crippen molar-refractivity contribution in [3.8, 4) is 11.5 Å². The van der Waals surface area contributed by atoms with Gasteiger partial charge in [-0.3, -0.25) is 4.79 Å². The summed E-state index contributed by atoms with van der Waals surface area (Å²) in [6.45, 7) is 2.63. The number of hydrogen-bond donors (Lipinski definition) is 1. The number of hydrogen-bond acceptors (Lipinski definition) is 6. The maximum atomic E-state index is 12.8. The Morgan fingerprint density at radius 2 is 1.90 bits per heavy atom. The maximum absolute atomic E-state index is 12.8. The predicted octanol–water partition coefficient (Wildman–Crippen LogP) is 4.09. The summed E-state index contributed by atoms with van der Waals surface area (Å²) in [4.78, 5) is 12.8. The van der Waals surface area contributed by atoms with E-state index in [-0.39, 0.29) is 22.0 Å². The fraction of sp³-hybridized carbons (Fsp3) is 0.450. The fourth-order valence-corrected chi connectivity index (χ4v) is 6.66. The van der Waals surface area contributed by atoms with Gasteiger partial charge in [0.2, 0.25) is 5.91 Å². The third-order valence-electron chi connectivity index (χ3n) is 5.43. The lowest BCUT2D eigenvalue weighted by Gasteiger charge is -2.33. The van der Waals surface area contributed by atoms with E-state index in [4.69, 9.17) is 21.1 Å². The van der Waals surface area contributed by atoms with Crippen molar-refractivity contribution < 1.29 is 22.7 Å². The average molecular weight is 473 g/mol. The number of methoxy groups -OCH3 is 2. The Kier molecular flexibility index (Phi) is 7.28. The number of carbonyl (C=O) groups excluding carboxylic acids is 1. The second-order valence-corrected chi connectivity index (χ2v) is 11.0. The van der Waals surface area contributed by atoms with E-state index in [0.29, 0.717) is 47.5 Å². The van der Waals surface area contributed by atoms with Crippen LogP contribution in [0.3, 0.4) is 0 Å². The van der Waals surface area contributed by atoms with Crippen LogP contribution in [0.5, 0.6) is 11.5 Å². The van der Waals surface area contributed by atoms with Gasteiger partial charge in [0.25, 0.3) is 10.0 Å². The van der Waals surface area contributed by atoms with Crippen LogP contribution in [-0.4, -0.2) is 45.9 Å². The molecule has 3 rings (SSSR count). The number of rotatable bonds is 7. The van der Waals surface area contributed by atoms with E-state index in [1.807, 2.05) is 6.92 Å². The molecule has 1 N–H and O–H groups in total. The summed E-state index contributed by atoms with van der Waals surface area (Å²) in [5.74, 6) is 0.840. The molecule has 10 heteroatoms. The highest BCUT2D eigenvalue weighted by atomic mass is 35.5. The number of thiophene rings is 1. The molecule has 1 amide bonds. The van der Waals surface area contributed by atoms with Crippen molar-refractivity contribution in [3.05, 3.63) is 34.7 Å². The van der Waals surface area contributed by atoms with Gasteiger partial charge in [0.15, 0.2) is 0 Å². The van der Waals surface area contributed by atoms with Crippen molar-refractivity contribution in [2.24, 2.45) is 11.8 Å². The first kappa shape index (κ1) is 22.9. The Morgan fingerprint density at radius 1 is 1.20 bits per heavy atom. The van der Waals surface area contributed by atoms with Gasteiger partial charge in [-0.2, -0.15) is 4.31 Å². The molecule has 1 saturated heterocycles. The number of ether oxygens (including phenoxy) is 2. The molecule has 0 radical (unpaired) electrons. The van der Waals surface area contributed by atoms with E-state index >= 15 is 0 Å². The standard InChI is InChI=1S/C20H25ClN2O5S2/c1-13(20(24)22-16-12-15(27-2)4-5-17(16)28-3)14-8-10-23(11-9-14)30(25,26)19-7-6-18(21)29-19/h4-7,12-14H,8-11H2,1-3H3,(H,22,24)/t13-/m0/s1. The van der Waals surface area contributed by atoms with E-state index in [9.17, 15) is 13.2 Å². The lowest BCUT2D eigenvalue weighted by atomic mass is 9.85. The molecule has 0 unspecified atom stereocenters. The van der Waals surface area contributed by atoms with E-state index < -0.39 is 10.0 Å². The van der Waals surface area contributed by atoms with Gasteiger partial charge in [0, 0.05) is 25.1 Å². The highest BCUT2D eigenvalue weighted by molar-refractivity contribution is 7.91. The molecule has 1 atom stereocenters. The van der Waals surface area contributed by atoms with E-state index in [1.54, 1.807) is 31.4 Å². The normalized spacial score (nSPS) is 16.8. The van der Waals surface area contributed by atoms with Crippen LogP contribution >= 0.6 is 22.9 Å². The second kappa shape index (κ2) is 9.55. The first-order valence-electron chi connectivity index (χ1n) is 9.54. The summed E-state index contributed by atoms with van der Waals surface area (Å²) < 4.78 is 38.2. The number of amides is 1. The number of nitrogens with zero attached hydrogens (tertiary/aromatic N) is 1. The Balaban J connectivity index is 1.62. The highest BCUT2D eigenvalue weighted by Crippen LogP contribution is 2.34. The summed E-state index contributed by atoms with van der Waals surface area (Å²) in [5, 5.41) is 2.91. The molecule has 0 bridgehead atoms. The lowest BCUT2D eigenvalue weighted by Crippen LogP contribution is -2.41. The van der Waals surface area contributed by atoms with E-state index in [2.05, 4.69) is 5.32 Å². The molecule has 1 aliphatic rings. The van der Waals surface area contributed by atoms with Gasteiger partial charge in [-0.15, -0.1) is 11.3 Å². The third-order valence-corrected chi connectivity index (χ3v) is 9.02. The summed E-state index contributed by atoms with van der Waals surface area (Å²) in [6.07, 6.45) is 1.23. The Bertz CT molecular complexity index is 1000. The molecule has 164 valence electrons. The van der Waals surface area contributed by atoms with Crippen LogP contribution in [-0.2, 0) is 14.8 Å². The average Bonchev–Trinajstić information content (AvgIpc) is 3.20. The summed E-state index contributed by atoms with van der Waals surface area (Å²) in [7, 11) is -0.442. The molecule has 1 aromatic carbocycles. The summed E-state index contributed by atoms with van der Waals surface area (Å²) in [5.41, 5.74) is 0.545. The topological polar surface area (TPSA) is 84.9 Å². The molecule has 2 heterocycles. The molecule has 1 fully saturated rings. The van der Waals surface area contributed by atoms with Crippen LogP contribution in [0.4, 0.5) is 5.69 Å². The first-order valence-corrected chi connectivity index (χ1v) is 12.2. The van der Waals surface area contributed by atoms with Crippen molar-refractivity contribution in [1.29, 1.82) is 0 Å². The zero-order chi connectivity index (χ0) is 21.9. The van der Waals surface area contributed by atoms with Gasteiger partial charge >= 0.3 is 0 Å². The number of benzene rings is 1. The minimum absolute atomic E-state index is 0.0833. The van der Waals surface area contributed by atoms with Crippen LogP contribution < -0.4 is 14.8 Å². The van der Waals surface area contributed by atoms with Crippen LogP contribution in [0.15, 0.2) is 34.5 Å². The van der Waals surface area contributed by atoms with Gasteiger partial charge in [0.1, 0.15) is 15.7 Å². The van der Waals surface area contributed by atoms with Gasteiger partial charge in [-0.05, 0) is 43.0 Å². The lowest BCUT2D eigenvalue weighted by molar-refractivity contribution is -0.121. The Morgan fingerprint density at radius 3 is 2.47 bits per heavy atom. The Hall–Kier alpha value is -1.81. The largest absolute Gasteiger partial charge is 0.497 e. The number of carbonyl (C=O) groups is 1. The van der Waals surface area contributed by atoms with Gasteiger partial charge in [0.05, 0.1) is 24.2 Å². The molecule has 30 heavy (non-hydrogen) atoms. The highest BCUT2D eigenvalue weighted by Gasteiger charge is 2.34. The molecular weight excluding hydrogens is 448 g/mol. The Labute approximate surface area is 186 Å². The molecule has 2 aromatic rings. The zero-order valence-electron chi connectivity index (χ0n) is 17.1. The number of piperidine rings is 1. The number of sulfonamides is 1. The fourth-order valence-electron chi connectivity index (χ4n) is 3.55. The minimum atomic E-state index is -3.54. The van der Waals surface area contributed by atoms with Crippen molar-refractivity contribution in [3.63, 3.8) is 0 Å². The second-order valence-electron chi connectivity index (χ2n) is 7.14. The SMILES string of the molecule is COc1ccc(OC)c(NC(=O)[C@@H](C)C2CCN(S(=O)(=O)c3ccc(Cl)s3)CC2)c1. The van der Waals surface area contributed by atoms with Crippen LogP contribution in [0, 0.1) is 11.8 Å². The third kappa shape index (κ3) is 4.91. The van der Waals surface area contributed by atoms with E-state index in [0.717, 1.165) is 11.3 Å². The number of nitrogens with one attached hydrogen (secondary N) is 1.